The fraction of sp³-hybridized carbons (Fsp3) is 0.722. The van der Waals surface area contributed by atoms with Gasteiger partial charge in [0.2, 0.25) is 0 Å². The lowest BCUT2D eigenvalue weighted by atomic mass is 10.0. The molecule has 0 radical (unpaired) electrons. The highest BCUT2D eigenvalue weighted by Crippen LogP contribution is 2.35. The first-order valence-corrected chi connectivity index (χ1v) is 9.65. The van der Waals surface area contributed by atoms with Crippen molar-refractivity contribution in [1.29, 1.82) is 0 Å². The number of nitrogens with one attached hydrogen (secondary N) is 2. The fourth-order valence-electron chi connectivity index (χ4n) is 3.07. The standard InChI is InChI=1S/C18H29N3O7/c1-2-3-4-5-6-7-8-13(23)28-21-17-11(9-19-18(26)20-17)16-15(25)14(24)12(10-22)27-16/h9,12,14-16,22,24-25H,2-8,10H2,1H3,(H2,19,20,21,26). The highest BCUT2D eigenvalue weighted by atomic mass is 16.7. The summed E-state index contributed by atoms with van der Waals surface area (Å²) in [5.74, 6) is -0.598. The van der Waals surface area contributed by atoms with Crippen LogP contribution in [0.5, 0.6) is 0 Å². The van der Waals surface area contributed by atoms with E-state index in [4.69, 9.17) is 9.57 Å². The third-order valence-corrected chi connectivity index (χ3v) is 4.68. The van der Waals surface area contributed by atoms with Gasteiger partial charge in [-0.1, -0.05) is 39.0 Å². The van der Waals surface area contributed by atoms with Gasteiger partial charge in [0, 0.05) is 18.2 Å². The van der Waals surface area contributed by atoms with Crippen molar-refractivity contribution in [1.82, 2.24) is 9.97 Å². The van der Waals surface area contributed by atoms with Crippen LogP contribution in [-0.4, -0.2) is 56.2 Å². The number of hydrogen-bond donors (Lipinski definition) is 5. The van der Waals surface area contributed by atoms with E-state index in [2.05, 4.69) is 22.4 Å². The zero-order valence-corrected chi connectivity index (χ0v) is 16.0. The Morgan fingerprint density at radius 3 is 2.64 bits per heavy atom. The molecule has 10 nitrogen and oxygen atoms in total. The Balaban J connectivity index is 1.92. The number of nitrogens with zero attached hydrogens (tertiary/aromatic N) is 1. The van der Waals surface area contributed by atoms with Gasteiger partial charge >= 0.3 is 11.7 Å². The maximum Gasteiger partial charge on any atom is 0.346 e. The number of rotatable bonds is 11. The molecule has 1 fully saturated rings. The molecule has 10 heteroatoms. The van der Waals surface area contributed by atoms with E-state index in [0.29, 0.717) is 6.42 Å². The third kappa shape index (κ3) is 5.99. The number of aromatic nitrogens is 2. The van der Waals surface area contributed by atoms with Gasteiger partial charge in [0.15, 0.2) is 5.82 Å². The molecule has 1 aliphatic heterocycles. The van der Waals surface area contributed by atoms with Crippen molar-refractivity contribution in [2.75, 3.05) is 12.1 Å². The first-order valence-electron chi connectivity index (χ1n) is 9.65. The summed E-state index contributed by atoms with van der Waals surface area (Å²) >= 11 is 0. The summed E-state index contributed by atoms with van der Waals surface area (Å²) in [4.78, 5) is 34.4. The van der Waals surface area contributed by atoms with Gasteiger partial charge in [-0.2, -0.15) is 10.5 Å². The molecule has 2 heterocycles. The summed E-state index contributed by atoms with van der Waals surface area (Å²) in [5, 5.41) is 29.2. The number of H-pyrrole nitrogens is 1. The molecule has 4 atom stereocenters. The van der Waals surface area contributed by atoms with E-state index in [1.54, 1.807) is 0 Å². The van der Waals surface area contributed by atoms with Gasteiger partial charge in [-0.25, -0.2) is 9.59 Å². The number of carbonyl (C=O) groups excluding carboxylic acids is 1. The Kier molecular flexibility index (Phi) is 8.84. The van der Waals surface area contributed by atoms with Crippen LogP contribution >= 0.6 is 0 Å². The van der Waals surface area contributed by atoms with E-state index < -0.39 is 42.7 Å². The molecule has 5 N–H and O–H groups in total. The second-order valence-corrected chi connectivity index (χ2v) is 6.86. The lowest BCUT2D eigenvalue weighted by Gasteiger charge is -2.17. The van der Waals surface area contributed by atoms with E-state index >= 15 is 0 Å². The Morgan fingerprint density at radius 1 is 1.25 bits per heavy atom. The molecule has 2 rings (SSSR count). The predicted molar refractivity (Wildman–Crippen MR) is 99.3 cm³/mol. The maximum atomic E-state index is 11.9. The molecular weight excluding hydrogens is 370 g/mol. The van der Waals surface area contributed by atoms with Crippen LogP contribution in [0.25, 0.3) is 0 Å². The molecular formula is C18H29N3O7. The molecule has 0 aliphatic carbocycles. The van der Waals surface area contributed by atoms with Gasteiger partial charge in [0.25, 0.3) is 0 Å². The Hall–Kier alpha value is -2.01. The first kappa shape index (κ1) is 22.3. The smallest absolute Gasteiger partial charge is 0.346 e. The van der Waals surface area contributed by atoms with E-state index in [9.17, 15) is 24.9 Å². The Morgan fingerprint density at radius 2 is 1.96 bits per heavy atom. The minimum atomic E-state index is -1.34. The molecule has 0 aromatic carbocycles. The lowest BCUT2D eigenvalue weighted by Crippen LogP contribution is -2.32. The molecule has 28 heavy (non-hydrogen) atoms. The number of unbranched alkanes of at least 4 members (excludes halogenated alkanes) is 5. The quantitative estimate of drug-likeness (QED) is 0.265. The minimum absolute atomic E-state index is 0.102. The molecule has 1 aliphatic rings. The summed E-state index contributed by atoms with van der Waals surface area (Å²) < 4.78 is 5.43. The molecule has 0 amide bonds. The fourth-order valence-corrected chi connectivity index (χ4v) is 3.07. The Labute approximate surface area is 162 Å². The summed E-state index contributed by atoms with van der Waals surface area (Å²) in [6.45, 7) is 1.65. The highest BCUT2D eigenvalue weighted by Gasteiger charge is 2.44. The van der Waals surface area contributed by atoms with Crippen molar-refractivity contribution in [2.45, 2.75) is 76.3 Å². The summed E-state index contributed by atoms with van der Waals surface area (Å²) in [6, 6.07) is 0. The SMILES string of the molecule is CCCCCCCCC(=O)ONc1nc(=O)[nH]cc1C1OC(CO)C(O)C1O. The molecule has 1 aromatic heterocycles. The van der Waals surface area contributed by atoms with Gasteiger partial charge in [0.05, 0.1) is 6.61 Å². The van der Waals surface area contributed by atoms with E-state index in [1.807, 2.05) is 0 Å². The average molecular weight is 399 g/mol. The molecule has 0 bridgehead atoms. The topological polar surface area (TPSA) is 154 Å². The molecule has 1 aromatic rings. The number of ether oxygens (including phenoxy) is 1. The molecule has 1 saturated heterocycles. The highest BCUT2D eigenvalue weighted by molar-refractivity contribution is 5.70. The van der Waals surface area contributed by atoms with Crippen LogP contribution in [0.3, 0.4) is 0 Å². The number of aliphatic hydroxyl groups excluding tert-OH is 3. The molecule has 4 unspecified atom stereocenters. The molecule has 0 saturated carbocycles. The summed E-state index contributed by atoms with van der Waals surface area (Å²) in [6.07, 6.45) is 3.00. The van der Waals surface area contributed by atoms with Crippen LogP contribution < -0.4 is 11.2 Å². The molecule has 0 spiro atoms. The average Bonchev–Trinajstić information content (AvgIpc) is 2.97. The largest absolute Gasteiger partial charge is 0.394 e. The minimum Gasteiger partial charge on any atom is -0.394 e. The van der Waals surface area contributed by atoms with Gasteiger partial charge in [-0.05, 0) is 6.42 Å². The van der Waals surface area contributed by atoms with E-state index in [-0.39, 0.29) is 17.8 Å². The predicted octanol–water partition coefficient (Wildman–Crippen LogP) is 0.545. The van der Waals surface area contributed by atoms with Gasteiger partial charge in [-0.15, -0.1) is 0 Å². The van der Waals surface area contributed by atoms with Crippen molar-refractivity contribution >= 4 is 11.8 Å². The maximum absolute atomic E-state index is 11.9. The van der Waals surface area contributed by atoms with Crippen LogP contribution in [0.1, 0.15) is 63.5 Å². The van der Waals surface area contributed by atoms with E-state index in [1.165, 1.54) is 12.6 Å². The summed E-state index contributed by atoms with van der Waals surface area (Å²) in [7, 11) is 0. The lowest BCUT2D eigenvalue weighted by molar-refractivity contribution is -0.140. The van der Waals surface area contributed by atoms with Crippen molar-refractivity contribution in [3.63, 3.8) is 0 Å². The van der Waals surface area contributed by atoms with Crippen LogP contribution in [0, 0.1) is 0 Å². The number of hydrogen-bond acceptors (Lipinski definition) is 9. The number of aliphatic hydroxyl groups is 3. The number of carbonyl (C=O) groups is 1. The van der Waals surface area contributed by atoms with Crippen LogP contribution in [0.2, 0.25) is 0 Å². The number of aromatic amines is 1. The first-order chi connectivity index (χ1) is 13.5. The zero-order valence-electron chi connectivity index (χ0n) is 16.0. The van der Waals surface area contributed by atoms with Crippen molar-refractivity contribution in [3.05, 3.63) is 22.2 Å². The van der Waals surface area contributed by atoms with Crippen LogP contribution in [0.4, 0.5) is 5.82 Å². The number of anilines is 1. The van der Waals surface area contributed by atoms with E-state index in [0.717, 1.165) is 25.7 Å². The monoisotopic (exact) mass is 399 g/mol. The van der Waals surface area contributed by atoms with Crippen LogP contribution in [0.15, 0.2) is 11.0 Å². The second kappa shape index (κ2) is 11.1. The zero-order chi connectivity index (χ0) is 20.5. The van der Waals surface area contributed by atoms with Crippen molar-refractivity contribution in [2.24, 2.45) is 0 Å². The molecule has 158 valence electrons. The van der Waals surface area contributed by atoms with Crippen molar-refractivity contribution in [3.8, 4) is 0 Å². The normalized spacial score (nSPS) is 24.3. The van der Waals surface area contributed by atoms with Crippen molar-refractivity contribution < 1.29 is 29.7 Å². The van der Waals surface area contributed by atoms with Gasteiger partial charge in [0.1, 0.15) is 24.4 Å². The van der Waals surface area contributed by atoms with Gasteiger partial charge in [-0.3, -0.25) is 0 Å². The van der Waals surface area contributed by atoms with Crippen LogP contribution in [-0.2, 0) is 14.4 Å². The third-order valence-electron chi connectivity index (χ3n) is 4.68. The van der Waals surface area contributed by atoms with Gasteiger partial charge < -0.3 is 29.9 Å². The Bertz CT molecular complexity index is 681. The second-order valence-electron chi connectivity index (χ2n) is 6.86. The summed E-state index contributed by atoms with van der Waals surface area (Å²) in [5.41, 5.74) is 1.84.